The first-order valence-corrected chi connectivity index (χ1v) is 4.97. The van der Waals surface area contributed by atoms with E-state index in [1.165, 1.54) is 12.1 Å². The van der Waals surface area contributed by atoms with Crippen LogP contribution in [-0.2, 0) is 0 Å². The smallest absolute Gasteiger partial charge is 0.128 e. The molecule has 0 saturated carbocycles. The van der Waals surface area contributed by atoms with Crippen molar-refractivity contribution in [3.8, 4) is 0 Å². The molecule has 80 valence electrons. The summed E-state index contributed by atoms with van der Waals surface area (Å²) in [4.78, 5) is 1.84. The van der Waals surface area contributed by atoms with Crippen LogP contribution in [0.15, 0.2) is 18.2 Å². The fourth-order valence-electron chi connectivity index (χ4n) is 1.81. The van der Waals surface area contributed by atoms with Crippen molar-refractivity contribution < 1.29 is 8.78 Å². The number of nitrogens with one attached hydrogen (secondary N) is 1. The maximum Gasteiger partial charge on any atom is 0.128 e. The maximum absolute atomic E-state index is 12.9. The highest BCUT2D eigenvalue weighted by molar-refractivity contribution is 5.96. The van der Waals surface area contributed by atoms with Crippen LogP contribution in [0.1, 0.15) is 18.4 Å². The molecule has 1 aliphatic rings. The van der Waals surface area contributed by atoms with Crippen molar-refractivity contribution in [1.82, 2.24) is 4.90 Å². The van der Waals surface area contributed by atoms with Crippen LogP contribution in [-0.4, -0.2) is 23.8 Å². The van der Waals surface area contributed by atoms with Crippen LogP contribution in [0.25, 0.3) is 0 Å². The number of benzene rings is 1. The summed E-state index contributed by atoms with van der Waals surface area (Å²) in [6.07, 6.45) is 2.08. The van der Waals surface area contributed by atoms with E-state index in [0.717, 1.165) is 32.0 Å². The number of hydrogen-bond acceptors (Lipinski definition) is 1. The molecule has 0 aliphatic carbocycles. The number of likely N-dealkylation sites (tertiary alicyclic amines) is 1. The van der Waals surface area contributed by atoms with E-state index in [-0.39, 0.29) is 5.84 Å². The van der Waals surface area contributed by atoms with E-state index in [1.807, 2.05) is 4.90 Å². The number of halogens is 2. The standard InChI is InChI=1S/C11H12F2N2/c12-9-5-8(6-10(13)7-9)11(14)15-3-1-2-4-15/h5-7,14H,1-4H2. The molecule has 1 N–H and O–H groups in total. The lowest BCUT2D eigenvalue weighted by atomic mass is 10.2. The average Bonchev–Trinajstić information content (AvgIpc) is 2.67. The van der Waals surface area contributed by atoms with Gasteiger partial charge in [0.2, 0.25) is 0 Å². The number of nitrogens with zero attached hydrogens (tertiary/aromatic N) is 1. The van der Waals surface area contributed by atoms with E-state index in [9.17, 15) is 8.78 Å². The molecule has 1 heterocycles. The Morgan fingerprint density at radius 3 is 2.13 bits per heavy atom. The van der Waals surface area contributed by atoms with E-state index in [0.29, 0.717) is 5.56 Å². The topological polar surface area (TPSA) is 27.1 Å². The molecule has 1 saturated heterocycles. The lowest BCUT2D eigenvalue weighted by Gasteiger charge is -2.18. The highest BCUT2D eigenvalue weighted by Crippen LogP contribution is 2.14. The Hall–Kier alpha value is -1.45. The predicted molar refractivity (Wildman–Crippen MR) is 54.0 cm³/mol. The van der Waals surface area contributed by atoms with Gasteiger partial charge in [-0.15, -0.1) is 0 Å². The second-order valence-electron chi connectivity index (χ2n) is 3.70. The molecule has 0 amide bonds. The predicted octanol–water partition coefficient (Wildman–Crippen LogP) is 2.39. The molecule has 1 aromatic carbocycles. The van der Waals surface area contributed by atoms with Crippen molar-refractivity contribution >= 4 is 5.84 Å². The summed E-state index contributed by atoms with van der Waals surface area (Å²) in [7, 11) is 0. The first-order chi connectivity index (χ1) is 7.16. The first kappa shape index (κ1) is 10.1. The van der Waals surface area contributed by atoms with E-state index in [2.05, 4.69) is 0 Å². The molecule has 0 spiro atoms. The summed E-state index contributed by atoms with van der Waals surface area (Å²) in [5.74, 6) is -1.05. The highest BCUT2D eigenvalue weighted by Gasteiger charge is 2.17. The van der Waals surface area contributed by atoms with Crippen molar-refractivity contribution in [3.63, 3.8) is 0 Å². The summed E-state index contributed by atoms with van der Waals surface area (Å²) in [6.45, 7) is 1.61. The van der Waals surface area contributed by atoms with Gasteiger partial charge in [0.1, 0.15) is 17.5 Å². The molecule has 1 fully saturated rings. The molecular weight excluding hydrogens is 198 g/mol. The van der Waals surface area contributed by atoms with Gasteiger partial charge < -0.3 is 4.90 Å². The molecule has 0 bridgehead atoms. The SMILES string of the molecule is N=C(c1cc(F)cc(F)c1)N1CCCC1. The normalized spacial score (nSPS) is 15.7. The van der Waals surface area contributed by atoms with E-state index in [1.54, 1.807) is 0 Å². The fourth-order valence-corrected chi connectivity index (χ4v) is 1.81. The Balaban J connectivity index is 2.24. The lowest BCUT2D eigenvalue weighted by Crippen LogP contribution is -2.27. The van der Waals surface area contributed by atoms with Crippen LogP contribution >= 0.6 is 0 Å². The number of hydrogen-bond donors (Lipinski definition) is 1. The summed E-state index contributed by atoms with van der Waals surface area (Å²) in [5.41, 5.74) is 0.314. The summed E-state index contributed by atoms with van der Waals surface area (Å²) in [5, 5.41) is 7.81. The van der Waals surface area contributed by atoms with Crippen molar-refractivity contribution in [2.75, 3.05) is 13.1 Å². The van der Waals surface area contributed by atoms with Crippen molar-refractivity contribution in [2.24, 2.45) is 0 Å². The Kier molecular flexibility index (Phi) is 2.66. The van der Waals surface area contributed by atoms with Gasteiger partial charge in [0.05, 0.1) is 0 Å². The monoisotopic (exact) mass is 210 g/mol. The van der Waals surface area contributed by atoms with Gasteiger partial charge in [-0.2, -0.15) is 0 Å². The number of amidine groups is 1. The Morgan fingerprint density at radius 1 is 1.07 bits per heavy atom. The zero-order valence-electron chi connectivity index (χ0n) is 8.26. The maximum atomic E-state index is 12.9. The third-order valence-corrected chi connectivity index (χ3v) is 2.56. The van der Waals surface area contributed by atoms with Crippen molar-refractivity contribution in [1.29, 1.82) is 5.41 Å². The minimum atomic E-state index is -0.631. The third-order valence-electron chi connectivity index (χ3n) is 2.56. The summed E-state index contributed by atoms with van der Waals surface area (Å²) in [6, 6.07) is 3.22. The Morgan fingerprint density at radius 2 is 1.60 bits per heavy atom. The second kappa shape index (κ2) is 3.96. The highest BCUT2D eigenvalue weighted by atomic mass is 19.1. The van der Waals surface area contributed by atoms with Crippen LogP contribution in [0.2, 0.25) is 0 Å². The summed E-state index contributed by atoms with van der Waals surface area (Å²) < 4.78 is 25.8. The molecule has 4 heteroatoms. The van der Waals surface area contributed by atoms with Gasteiger partial charge >= 0.3 is 0 Å². The number of rotatable bonds is 1. The minimum Gasteiger partial charge on any atom is -0.357 e. The zero-order valence-corrected chi connectivity index (χ0v) is 8.26. The van der Waals surface area contributed by atoms with Gasteiger partial charge in [-0.25, -0.2) is 8.78 Å². The molecule has 1 aliphatic heterocycles. The molecule has 2 rings (SSSR count). The average molecular weight is 210 g/mol. The molecule has 1 aromatic rings. The van der Waals surface area contributed by atoms with Gasteiger partial charge in [-0.3, -0.25) is 5.41 Å². The molecule has 0 aromatic heterocycles. The van der Waals surface area contributed by atoms with Crippen LogP contribution < -0.4 is 0 Å². The van der Waals surface area contributed by atoms with Gasteiger partial charge in [0, 0.05) is 24.7 Å². The summed E-state index contributed by atoms with van der Waals surface area (Å²) >= 11 is 0. The van der Waals surface area contributed by atoms with Crippen LogP contribution in [0.5, 0.6) is 0 Å². The van der Waals surface area contributed by atoms with E-state index < -0.39 is 11.6 Å². The van der Waals surface area contributed by atoms with Crippen LogP contribution in [0, 0.1) is 17.0 Å². The van der Waals surface area contributed by atoms with Gasteiger partial charge in [0.25, 0.3) is 0 Å². The second-order valence-corrected chi connectivity index (χ2v) is 3.70. The molecule has 15 heavy (non-hydrogen) atoms. The van der Waals surface area contributed by atoms with E-state index >= 15 is 0 Å². The molecular formula is C11H12F2N2. The zero-order chi connectivity index (χ0) is 10.8. The van der Waals surface area contributed by atoms with Crippen LogP contribution in [0.3, 0.4) is 0 Å². The van der Waals surface area contributed by atoms with Gasteiger partial charge in [0.15, 0.2) is 0 Å². The van der Waals surface area contributed by atoms with Crippen molar-refractivity contribution in [3.05, 3.63) is 35.4 Å². The van der Waals surface area contributed by atoms with Gasteiger partial charge in [-0.1, -0.05) is 0 Å². The molecule has 0 radical (unpaired) electrons. The van der Waals surface area contributed by atoms with Crippen molar-refractivity contribution in [2.45, 2.75) is 12.8 Å². The Labute approximate surface area is 87.0 Å². The quantitative estimate of drug-likeness (QED) is 0.559. The minimum absolute atomic E-state index is 0.214. The van der Waals surface area contributed by atoms with Crippen LogP contribution in [0.4, 0.5) is 8.78 Å². The van der Waals surface area contributed by atoms with Gasteiger partial charge in [-0.05, 0) is 25.0 Å². The third kappa shape index (κ3) is 2.14. The molecule has 0 unspecified atom stereocenters. The Bertz CT molecular complexity index is 364. The molecule has 0 atom stereocenters. The first-order valence-electron chi connectivity index (χ1n) is 4.97. The van der Waals surface area contributed by atoms with E-state index in [4.69, 9.17) is 5.41 Å². The fraction of sp³-hybridized carbons (Fsp3) is 0.364. The molecule has 2 nitrogen and oxygen atoms in total. The largest absolute Gasteiger partial charge is 0.357 e. The lowest BCUT2D eigenvalue weighted by molar-refractivity contribution is 0.515.